The van der Waals surface area contributed by atoms with Gasteiger partial charge in [0.05, 0.1) is 22.0 Å². The summed E-state index contributed by atoms with van der Waals surface area (Å²) in [7, 11) is -2.89. The molecule has 22 heavy (non-hydrogen) atoms. The Hall–Kier alpha value is -1.85. The lowest BCUT2D eigenvalue weighted by Crippen LogP contribution is -2.17. The van der Waals surface area contributed by atoms with E-state index in [0.717, 1.165) is 11.1 Å². The van der Waals surface area contributed by atoms with E-state index in [1.54, 1.807) is 24.3 Å². The Morgan fingerprint density at radius 2 is 1.77 bits per heavy atom. The zero-order valence-electron chi connectivity index (χ0n) is 11.8. The molecule has 0 amide bonds. The van der Waals surface area contributed by atoms with Crippen LogP contribution < -0.4 is 0 Å². The van der Waals surface area contributed by atoms with Crippen LogP contribution in [-0.2, 0) is 26.8 Å². The summed E-state index contributed by atoms with van der Waals surface area (Å²) >= 11 is 5.91. The summed E-state index contributed by atoms with van der Waals surface area (Å²) in [5.41, 5.74) is 1.61. The summed E-state index contributed by atoms with van der Waals surface area (Å²) in [6.45, 7) is 0.230. The minimum atomic E-state index is -2.89. The first-order valence-electron chi connectivity index (χ1n) is 6.65. The molecule has 4 nitrogen and oxygen atoms in total. The molecular weight excluding hydrogens is 322 g/mol. The van der Waals surface area contributed by atoms with Gasteiger partial charge < -0.3 is 5.11 Å². The Morgan fingerprint density at radius 3 is 2.41 bits per heavy atom. The highest BCUT2D eigenvalue weighted by Crippen LogP contribution is 2.16. The number of halogens is 1. The highest BCUT2D eigenvalue weighted by Gasteiger charge is 2.15. The van der Waals surface area contributed by atoms with Crippen LogP contribution in [0.5, 0.6) is 0 Å². The van der Waals surface area contributed by atoms with Crippen molar-refractivity contribution in [1.29, 1.82) is 0 Å². The van der Waals surface area contributed by atoms with E-state index in [1.807, 2.05) is 30.3 Å². The third-order valence-electron chi connectivity index (χ3n) is 2.96. The number of carboxylic acid groups (broad SMARTS) is 1. The molecule has 0 aliphatic rings. The first-order chi connectivity index (χ1) is 10.5. The highest BCUT2D eigenvalue weighted by atomic mass is 35.5. The maximum Gasteiger partial charge on any atom is 0.317 e. The molecule has 6 heteroatoms. The van der Waals surface area contributed by atoms with Gasteiger partial charge in [-0.25, -0.2) is 8.57 Å². The second kappa shape index (κ2) is 7.42. The van der Waals surface area contributed by atoms with Gasteiger partial charge in [-0.1, -0.05) is 54.1 Å². The second-order valence-corrected chi connectivity index (χ2v) is 7.67. The maximum absolute atomic E-state index is 12.9. The quantitative estimate of drug-likeness (QED) is 0.875. The molecular formula is C16H16ClNO3S. The molecule has 0 aliphatic heterocycles. The molecule has 2 rings (SSSR count). The lowest BCUT2D eigenvalue weighted by atomic mass is 10.2. The largest absolute Gasteiger partial charge is 0.481 e. The van der Waals surface area contributed by atoms with Gasteiger partial charge in [0.2, 0.25) is 0 Å². The van der Waals surface area contributed by atoms with Crippen LogP contribution in [0.3, 0.4) is 0 Å². The van der Waals surface area contributed by atoms with Gasteiger partial charge in [0, 0.05) is 5.02 Å². The van der Waals surface area contributed by atoms with Crippen LogP contribution in [0.4, 0.5) is 0 Å². The van der Waals surface area contributed by atoms with Crippen LogP contribution in [0.1, 0.15) is 11.1 Å². The van der Waals surface area contributed by atoms with Gasteiger partial charge in [-0.15, -0.1) is 0 Å². The predicted octanol–water partition coefficient (Wildman–Crippen LogP) is 3.59. The lowest BCUT2D eigenvalue weighted by Gasteiger charge is -2.09. The van der Waals surface area contributed by atoms with Crippen LogP contribution in [-0.4, -0.2) is 21.0 Å². The Morgan fingerprint density at radius 1 is 1.09 bits per heavy atom. The molecule has 2 aromatic rings. The van der Waals surface area contributed by atoms with Gasteiger partial charge in [-0.2, -0.15) is 0 Å². The number of benzene rings is 2. The Kier molecular flexibility index (Phi) is 5.57. The first-order valence-corrected chi connectivity index (χ1v) is 8.88. The fraction of sp³-hybridized carbons (Fsp3) is 0.188. The fourth-order valence-corrected chi connectivity index (χ4v) is 3.97. The minimum absolute atomic E-state index is 0.0761. The predicted molar refractivity (Wildman–Crippen MR) is 88.4 cm³/mol. The summed E-state index contributed by atoms with van der Waals surface area (Å²) in [5.74, 6) is -1.53. The molecule has 0 bridgehead atoms. The van der Waals surface area contributed by atoms with Gasteiger partial charge in [0.25, 0.3) is 0 Å². The number of carbonyl (C=O) groups is 1. The normalized spacial score (nSPS) is 13.3. The number of nitrogens with zero attached hydrogens (tertiary/aromatic N) is 1. The van der Waals surface area contributed by atoms with Crippen LogP contribution in [0.25, 0.3) is 0 Å². The Balaban J connectivity index is 2.27. The number of hydrogen-bond acceptors (Lipinski definition) is 3. The fourth-order valence-electron chi connectivity index (χ4n) is 2.00. The van der Waals surface area contributed by atoms with Crippen LogP contribution in [0, 0.1) is 0 Å². The summed E-state index contributed by atoms with van der Waals surface area (Å²) in [6, 6.07) is 16.2. The van der Waals surface area contributed by atoms with Gasteiger partial charge in [0.1, 0.15) is 5.75 Å². The van der Waals surface area contributed by atoms with Crippen molar-refractivity contribution in [2.24, 2.45) is 4.36 Å². The Bertz CT molecular complexity index is 768. The van der Waals surface area contributed by atoms with Gasteiger partial charge in [-0.3, -0.25) is 4.79 Å². The number of carboxylic acids is 1. The average Bonchev–Trinajstić information content (AvgIpc) is 2.45. The maximum atomic E-state index is 12.9. The van der Waals surface area contributed by atoms with Gasteiger partial charge in [0.15, 0.2) is 0 Å². The number of aliphatic carboxylic acids is 1. The SMILES string of the molecule is O=C(O)CS(=O)(Cc1cccc(Cl)c1)=NCc1ccccc1. The smallest absolute Gasteiger partial charge is 0.317 e. The Labute approximate surface area is 134 Å². The molecule has 0 heterocycles. The van der Waals surface area contributed by atoms with Gasteiger partial charge in [-0.05, 0) is 23.3 Å². The monoisotopic (exact) mass is 337 g/mol. The van der Waals surface area contributed by atoms with Crippen LogP contribution in [0.15, 0.2) is 59.0 Å². The van der Waals surface area contributed by atoms with Crippen molar-refractivity contribution in [2.45, 2.75) is 12.3 Å². The second-order valence-electron chi connectivity index (χ2n) is 4.86. The molecule has 1 atom stereocenters. The zero-order chi connectivity index (χ0) is 16.0. The third-order valence-corrected chi connectivity index (χ3v) is 5.27. The standard InChI is InChI=1S/C16H16ClNO3S/c17-15-8-4-7-14(9-15)11-22(21,12-16(19)20)18-10-13-5-2-1-3-6-13/h1-9H,10-12H2,(H,19,20). The van der Waals surface area contributed by atoms with Crippen molar-refractivity contribution < 1.29 is 14.1 Å². The molecule has 2 aromatic carbocycles. The van der Waals surface area contributed by atoms with E-state index in [-0.39, 0.29) is 12.3 Å². The van der Waals surface area contributed by atoms with Crippen LogP contribution >= 0.6 is 11.6 Å². The van der Waals surface area contributed by atoms with Crippen molar-refractivity contribution in [3.05, 3.63) is 70.7 Å². The molecule has 0 aliphatic carbocycles. The van der Waals surface area contributed by atoms with E-state index in [1.165, 1.54) is 0 Å². The molecule has 1 unspecified atom stereocenters. The zero-order valence-corrected chi connectivity index (χ0v) is 13.4. The summed E-state index contributed by atoms with van der Waals surface area (Å²) < 4.78 is 17.1. The van der Waals surface area contributed by atoms with E-state index in [4.69, 9.17) is 16.7 Å². The molecule has 0 spiro atoms. The average molecular weight is 338 g/mol. The molecule has 116 valence electrons. The number of hydrogen-bond donors (Lipinski definition) is 1. The van der Waals surface area contributed by atoms with Crippen molar-refractivity contribution in [2.75, 3.05) is 5.75 Å². The van der Waals surface area contributed by atoms with Crippen molar-refractivity contribution in [3.63, 3.8) is 0 Å². The summed E-state index contributed by atoms with van der Waals surface area (Å²) in [6.07, 6.45) is 0. The first kappa shape index (κ1) is 16.5. The van der Waals surface area contributed by atoms with E-state index < -0.39 is 21.5 Å². The molecule has 1 N–H and O–H groups in total. The van der Waals surface area contributed by atoms with E-state index in [9.17, 15) is 9.00 Å². The van der Waals surface area contributed by atoms with E-state index in [0.29, 0.717) is 5.02 Å². The minimum Gasteiger partial charge on any atom is -0.481 e. The van der Waals surface area contributed by atoms with E-state index >= 15 is 0 Å². The highest BCUT2D eigenvalue weighted by molar-refractivity contribution is 7.93. The summed E-state index contributed by atoms with van der Waals surface area (Å²) in [5, 5.41) is 9.54. The van der Waals surface area contributed by atoms with E-state index in [2.05, 4.69) is 4.36 Å². The molecule has 0 fully saturated rings. The number of rotatable bonds is 6. The van der Waals surface area contributed by atoms with Gasteiger partial charge >= 0.3 is 5.97 Å². The lowest BCUT2D eigenvalue weighted by molar-refractivity contribution is -0.134. The molecule has 0 saturated heterocycles. The van der Waals surface area contributed by atoms with Crippen LogP contribution in [0.2, 0.25) is 5.02 Å². The molecule has 0 aromatic heterocycles. The van der Waals surface area contributed by atoms with Crippen molar-refractivity contribution >= 4 is 27.3 Å². The van der Waals surface area contributed by atoms with Crippen molar-refractivity contribution in [1.82, 2.24) is 0 Å². The summed E-state index contributed by atoms with van der Waals surface area (Å²) in [4.78, 5) is 11.0. The third kappa shape index (κ3) is 5.16. The topological polar surface area (TPSA) is 66.7 Å². The molecule has 0 saturated carbocycles. The molecule has 0 radical (unpaired) electrons. The van der Waals surface area contributed by atoms with Crippen molar-refractivity contribution in [3.8, 4) is 0 Å².